The molecule has 5 rings (SSSR count). The molecule has 2 aromatic heterocycles. The Labute approximate surface area is 159 Å². The summed E-state index contributed by atoms with van der Waals surface area (Å²) in [4.78, 5) is 12.9. The van der Waals surface area contributed by atoms with Gasteiger partial charge in [0.25, 0.3) is 0 Å². The van der Waals surface area contributed by atoms with Gasteiger partial charge in [-0.05, 0) is 12.1 Å². The number of furan rings is 1. The maximum Gasteiger partial charge on any atom is 0.337 e. The predicted molar refractivity (Wildman–Crippen MR) is 109 cm³/mol. The number of para-hydroxylation sites is 1. The Hall–Kier alpha value is -3.37. The number of carboxylic acids is 1. The van der Waals surface area contributed by atoms with Crippen molar-refractivity contribution in [1.82, 2.24) is 0 Å². The monoisotopic (exact) mass is 370 g/mol. The van der Waals surface area contributed by atoms with Crippen LogP contribution in [-0.4, -0.2) is 11.1 Å². The molecule has 0 saturated heterocycles. The Balaban J connectivity index is 1.93. The Morgan fingerprint density at radius 2 is 1.48 bits per heavy atom. The molecule has 130 valence electrons. The minimum atomic E-state index is -0.924. The van der Waals surface area contributed by atoms with Crippen molar-refractivity contribution in [3.8, 4) is 21.8 Å². The second-order valence-electron chi connectivity index (χ2n) is 6.28. The molecule has 0 amide bonds. The van der Waals surface area contributed by atoms with Gasteiger partial charge in [0, 0.05) is 26.6 Å². The Morgan fingerprint density at radius 1 is 0.815 bits per heavy atom. The van der Waals surface area contributed by atoms with Crippen LogP contribution in [0.3, 0.4) is 0 Å². The van der Waals surface area contributed by atoms with Gasteiger partial charge >= 0.3 is 5.97 Å². The van der Waals surface area contributed by atoms with Crippen molar-refractivity contribution in [3.05, 3.63) is 84.4 Å². The molecular formula is C23H14O3S. The van der Waals surface area contributed by atoms with Gasteiger partial charge in [0.05, 0.1) is 10.4 Å². The number of thiophene rings is 1. The molecule has 2 heterocycles. The van der Waals surface area contributed by atoms with Gasteiger partial charge in [0.15, 0.2) is 0 Å². The van der Waals surface area contributed by atoms with Crippen molar-refractivity contribution in [2.75, 3.05) is 0 Å². The summed E-state index contributed by atoms with van der Waals surface area (Å²) in [6.45, 7) is 0. The number of carbonyl (C=O) groups is 1. The summed E-state index contributed by atoms with van der Waals surface area (Å²) in [5.41, 5.74) is 2.85. The third-order valence-electron chi connectivity index (χ3n) is 4.67. The second kappa shape index (κ2) is 6.11. The van der Waals surface area contributed by atoms with E-state index in [1.54, 1.807) is 0 Å². The molecule has 0 aliphatic heterocycles. The van der Waals surface area contributed by atoms with Crippen molar-refractivity contribution in [3.63, 3.8) is 0 Å². The van der Waals surface area contributed by atoms with Crippen molar-refractivity contribution < 1.29 is 14.3 Å². The molecule has 3 nitrogen and oxygen atoms in total. The van der Waals surface area contributed by atoms with Crippen LogP contribution in [0.25, 0.3) is 42.8 Å². The van der Waals surface area contributed by atoms with Gasteiger partial charge in [-0.25, -0.2) is 4.79 Å². The molecule has 3 aromatic carbocycles. The van der Waals surface area contributed by atoms with Crippen LogP contribution >= 0.6 is 11.3 Å². The summed E-state index contributed by atoms with van der Waals surface area (Å²) < 4.78 is 7.14. The molecule has 0 spiro atoms. The molecule has 0 aliphatic rings. The zero-order chi connectivity index (χ0) is 18.4. The lowest BCUT2D eigenvalue weighted by atomic mass is 10.0. The molecule has 0 atom stereocenters. The number of rotatable bonds is 3. The molecule has 0 bridgehead atoms. The third-order valence-corrected chi connectivity index (χ3v) is 5.86. The van der Waals surface area contributed by atoms with Crippen molar-refractivity contribution >= 4 is 38.4 Å². The van der Waals surface area contributed by atoms with Gasteiger partial charge in [0.2, 0.25) is 0 Å². The lowest BCUT2D eigenvalue weighted by Gasteiger charge is -2.03. The molecule has 0 aliphatic carbocycles. The van der Waals surface area contributed by atoms with Crippen molar-refractivity contribution in [1.29, 1.82) is 0 Å². The van der Waals surface area contributed by atoms with E-state index < -0.39 is 5.97 Å². The van der Waals surface area contributed by atoms with Crippen molar-refractivity contribution in [2.45, 2.75) is 0 Å². The first-order valence-corrected chi connectivity index (χ1v) is 9.38. The summed E-state index contributed by atoms with van der Waals surface area (Å²) in [5.74, 6) is -0.224. The zero-order valence-electron chi connectivity index (χ0n) is 14.2. The van der Waals surface area contributed by atoms with E-state index in [1.165, 1.54) is 11.3 Å². The lowest BCUT2D eigenvalue weighted by Crippen LogP contribution is -1.97. The van der Waals surface area contributed by atoms with Crippen LogP contribution in [0.4, 0.5) is 0 Å². The number of carboxylic acid groups (broad SMARTS) is 1. The van der Waals surface area contributed by atoms with Crippen LogP contribution in [0.1, 0.15) is 10.4 Å². The number of aromatic carboxylic acids is 1. The van der Waals surface area contributed by atoms with E-state index in [-0.39, 0.29) is 0 Å². The fourth-order valence-electron chi connectivity index (χ4n) is 3.50. The van der Waals surface area contributed by atoms with Crippen LogP contribution in [-0.2, 0) is 0 Å². The summed E-state index contributed by atoms with van der Waals surface area (Å²) in [7, 11) is 0. The van der Waals surface area contributed by atoms with Gasteiger partial charge in [0.1, 0.15) is 11.3 Å². The van der Waals surface area contributed by atoms with Gasteiger partial charge in [-0.3, -0.25) is 0 Å². The third kappa shape index (κ3) is 2.46. The van der Waals surface area contributed by atoms with E-state index in [4.69, 9.17) is 4.42 Å². The predicted octanol–water partition coefficient (Wildman–Crippen LogP) is 6.68. The van der Waals surface area contributed by atoms with Crippen LogP contribution in [0.2, 0.25) is 0 Å². The maximum atomic E-state index is 12.2. The molecule has 1 N–H and O–H groups in total. The first-order chi connectivity index (χ1) is 13.2. The van der Waals surface area contributed by atoms with Gasteiger partial charge in [-0.2, -0.15) is 0 Å². The van der Waals surface area contributed by atoms with Crippen LogP contribution < -0.4 is 0 Å². The maximum absolute atomic E-state index is 12.2. The van der Waals surface area contributed by atoms with Gasteiger partial charge < -0.3 is 9.52 Å². The van der Waals surface area contributed by atoms with Gasteiger partial charge in [-0.15, -0.1) is 11.3 Å². The van der Waals surface area contributed by atoms with E-state index in [0.29, 0.717) is 11.3 Å². The number of hydrogen-bond acceptors (Lipinski definition) is 3. The quantitative estimate of drug-likeness (QED) is 0.385. The molecule has 0 saturated carbocycles. The summed E-state index contributed by atoms with van der Waals surface area (Å²) in [6, 6.07) is 25.2. The van der Waals surface area contributed by atoms with Crippen LogP contribution in [0, 0.1) is 0 Å². The first-order valence-electron chi connectivity index (χ1n) is 8.56. The van der Waals surface area contributed by atoms with Crippen molar-refractivity contribution in [2.24, 2.45) is 0 Å². The standard InChI is InChI=1S/C23H14O3S/c24-23(25)20-16-11-5-7-13-18(16)27-22(20)19-15-10-4-6-12-17(15)26-21(19)14-8-2-1-3-9-14/h1-13H,(H,24,25). The van der Waals surface area contributed by atoms with E-state index in [9.17, 15) is 9.90 Å². The molecule has 0 unspecified atom stereocenters. The largest absolute Gasteiger partial charge is 0.478 e. The molecule has 4 heteroatoms. The molecular weight excluding hydrogens is 356 g/mol. The second-order valence-corrected chi connectivity index (χ2v) is 7.33. The molecule has 5 aromatic rings. The minimum absolute atomic E-state index is 0.333. The number of fused-ring (bicyclic) bond motifs is 2. The molecule has 27 heavy (non-hydrogen) atoms. The Morgan fingerprint density at radius 3 is 2.26 bits per heavy atom. The Kier molecular flexibility index (Phi) is 3.59. The van der Waals surface area contributed by atoms with Gasteiger partial charge in [-0.1, -0.05) is 66.7 Å². The van der Waals surface area contributed by atoms with E-state index >= 15 is 0 Å². The fourth-order valence-corrected chi connectivity index (χ4v) is 4.75. The van der Waals surface area contributed by atoms with E-state index in [2.05, 4.69) is 0 Å². The summed E-state index contributed by atoms with van der Waals surface area (Å²) in [5, 5.41) is 11.6. The lowest BCUT2D eigenvalue weighted by molar-refractivity contribution is 0.0700. The van der Waals surface area contributed by atoms with Crippen LogP contribution in [0.15, 0.2) is 83.3 Å². The average molecular weight is 370 g/mol. The average Bonchev–Trinajstić information content (AvgIpc) is 3.26. The number of hydrogen-bond donors (Lipinski definition) is 1. The first kappa shape index (κ1) is 15.9. The topological polar surface area (TPSA) is 50.4 Å². The SMILES string of the molecule is O=C(O)c1c(-c2c(-c3ccccc3)oc3ccccc23)sc2ccccc12. The summed E-state index contributed by atoms with van der Waals surface area (Å²) >= 11 is 1.49. The highest BCUT2D eigenvalue weighted by atomic mass is 32.1. The zero-order valence-corrected chi connectivity index (χ0v) is 15.0. The fraction of sp³-hybridized carbons (Fsp3) is 0. The smallest absolute Gasteiger partial charge is 0.337 e. The highest BCUT2D eigenvalue weighted by Gasteiger charge is 2.26. The molecule has 0 radical (unpaired) electrons. The molecule has 0 fully saturated rings. The number of benzene rings is 3. The normalized spacial score (nSPS) is 11.3. The highest BCUT2D eigenvalue weighted by molar-refractivity contribution is 7.23. The minimum Gasteiger partial charge on any atom is -0.478 e. The van der Waals surface area contributed by atoms with E-state index in [0.717, 1.165) is 37.1 Å². The summed E-state index contributed by atoms with van der Waals surface area (Å²) in [6.07, 6.45) is 0. The Bertz CT molecular complexity index is 1300. The highest BCUT2D eigenvalue weighted by Crippen LogP contribution is 2.47. The van der Waals surface area contributed by atoms with E-state index in [1.807, 2.05) is 78.9 Å². The van der Waals surface area contributed by atoms with Crippen LogP contribution in [0.5, 0.6) is 0 Å².